The second-order valence-electron chi connectivity index (χ2n) is 7.29. The molecule has 0 aliphatic heterocycles. The maximum atomic E-state index is 12.6. The molecule has 0 bridgehead atoms. The van der Waals surface area contributed by atoms with Gasteiger partial charge >= 0.3 is 12.1 Å². The number of carbonyl (C=O) groups excluding carboxylic acids is 1. The number of ether oxygens (including phenoxy) is 1. The number of fused-ring (bicyclic) bond motifs is 3. The lowest BCUT2D eigenvalue weighted by molar-refractivity contribution is -0.137. The summed E-state index contributed by atoms with van der Waals surface area (Å²) in [7, 11) is 0. The van der Waals surface area contributed by atoms with Crippen molar-refractivity contribution in [1.82, 2.24) is 5.32 Å². The van der Waals surface area contributed by atoms with Crippen molar-refractivity contribution >= 4 is 35.3 Å². The molecule has 3 aromatic rings. The van der Waals surface area contributed by atoms with E-state index in [-0.39, 0.29) is 18.9 Å². The summed E-state index contributed by atoms with van der Waals surface area (Å²) in [4.78, 5) is 23.9. The molecule has 1 aliphatic rings. The highest BCUT2D eigenvalue weighted by atomic mass is 35.5. The van der Waals surface area contributed by atoms with Crippen molar-refractivity contribution in [2.24, 2.45) is 0 Å². The van der Waals surface area contributed by atoms with Crippen LogP contribution in [0.5, 0.6) is 0 Å². The molecule has 0 saturated heterocycles. The molecule has 0 aromatic heterocycles. The van der Waals surface area contributed by atoms with E-state index in [9.17, 15) is 14.7 Å². The first-order chi connectivity index (χ1) is 14.9. The van der Waals surface area contributed by atoms with Gasteiger partial charge in [0.1, 0.15) is 6.61 Å². The van der Waals surface area contributed by atoms with Crippen LogP contribution in [0.2, 0.25) is 10.0 Å². The first-order valence-corrected chi connectivity index (χ1v) is 10.5. The maximum Gasteiger partial charge on any atom is 0.407 e. The fourth-order valence-electron chi connectivity index (χ4n) is 3.98. The van der Waals surface area contributed by atoms with Crippen molar-refractivity contribution in [1.29, 1.82) is 0 Å². The number of benzene rings is 3. The van der Waals surface area contributed by atoms with Crippen LogP contribution >= 0.6 is 23.2 Å². The number of carboxylic acids is 1. The van der Waals surface area contributed by atoms with Crippen LogP contribution in [-0.4, -0.2) is 23.8 Å². The summed E-state index contributed by atoms with van der Waals surface area (Å²) in [5.41, 5.74) is 4.86. The van der Waals surface area contributed by atoms with Gasteiger partial charge in [0.2, 0.25) is 0 Å². The summed E-state index contributed by atoms with van der Waals surface area (Å²) >= 11 is 12.2. The number of carbonyl (C=O) groups is 2. The Bertz CT molecular complexity index is 1100. The predicted octanol–water partition coefficient (Wildman–Crippen LogP) is 6.05. The Labute approximate surface area is 189 Å². The molecule has 0 heterocycles. The minimum absolute atomic E-state index is 0.0918. The van der Waals surface area contributed by atoms with Crippen molar-refractivity contribution in [3.63, 3.8) is 0 Å². The third kappa shape index (κ3) is 4.53. The lowest BCUT2D eigenvalue weighted by Gasteiger charge is -2.20. The molecule has 0 fully saturated rings. The topological polar surface area (TPSA) is 75.6 Å². The van der Waals surface area contributed by atoms with Gasteiger partial charge in [-0.3, -0.25) is 4.79 Å². The zero-order valence-corrected chi connectivity index (χ0v) is 17.9. The average molecular weight is 456 g/mol. The number of hydrogen-bond acceptors (Lipinski definition) is 3. The Morgan fingerprint density at radius 2 is 1.58 bits per heavy atom. The summed E-state index contributed by atoms with van der Waals surface area (Å²) in [6.45, 7) is 0.128. The molecule has 2 N–H and O–H groups in total. The van der Waals surface area contributed by atoms with E-state index in [1.807, 2.05) is 36.4 Å². The van der Waals surface area contributed by atoms with E-state index in [1.165, 1.54) is 0 Å². The van der Waals surface area contributed by atoms with Crippen LogP contribution in [0.4, 0.5) is 4.79 Å². The number of carboxylic acid groups (broad SMARTS) is 1. The zero-order chi connectivity index (χ0) is 22.0. The number of rotatable bonds is 6. The van der Waals surface area contributed by atoms with Crippen molar-refractivity contribution in [3.05, 3.63) is 93.5 Å². The molecule has 1 amide bonds. The van der Waals surface area contributed by atoms with Crippen LogP contribution in [0, 0.1) is 0 Å². The minimum Gasteiger partial charge on any atom is -0.481 e. The SMILES string of the molecule is O=C(O)C[C@H](NC(=O)OCC1c2ccccc2-c2ccccc21)c1cc(Cl)ccc1Cl. The van der Waals surface area contributed by atoms with E-state index in [0.29, 0.717) is 15.6 Å². The fraction of sp³-hybridized carbons (Fsp3) is 0.167. The molecule has 4 rings (SSSR count). The van der Waals surface area contributed by atoms with Crippen LogP contribution in [0.15, 0.2) is 66.7 Å². The van der Waals surface area contributed by atoms with Gasteiger partial charge in [-0.1, -0.05) is 71.7 Å². The fourth-order valence-corrected chi connectivity index (χ4v) is 4.41. The normalized spacial score (nSPS) is 13.2. The Kier molecular flexibility index (Phi) is 6.16. The monoisotopic (exact) mass is 455 g/mol. The molecule has 1 aliphatic carbocycles. The van der Waals surface area contributed by atoms with Crippen LogP contribution in [0.3, 0.4) is 0 Å². The average Bonchev–Trinajstić information content (AvgIpc) is 3.07. The molecule has 158 valence electrons. The van der Waals surface area contributed by atoms with Crippen LogP contribution in [0.25, 0.3) is 11.1 Å². The van der Waals surface area contributed by atoms with Crippen molar-refractivity contribution < 1.29 is 19.4 Å². The van der Waals surface area contributed by atoms with E-state index in [1.54, 1.807) is 18.2 Å². The molecule has 7 heteroatoms. The molecular weight excluding hydrogens is 437 g/mol. The van der Waals surface area contributed by atoms with Gasteiger partial charge in [0.15, 0.2) is 0 Å². The lowest BCUT2D eigenvalue weighted by Crippen LogP contribution is -2.32. The molecule has 1 atom stereocenters. The summed E-state index contributed by atoms with van der Waals surface area (Å²) in [6.07, 6.45) is -1.08. The van der Waals surface area contributed by atoms with E-state index < -0.39 is 18.1 Å². The lowest BCUT2D eigenvalue weighted by atomic mass is 9.98. The maximum absolute atomic E-state index is 12.6. The van der Waals surface area contributed by atoms with Gasteiger partial charge in [-0.15, -0.1) is 0 Å². The van der Waals surface area contributed by atoms with E-state index in [2.05, 4.69) is 17.4 Å². The number of aliphatic carboxylic acids is 1. The first-order valence-electron chi connectivity index (χ1n) is 9.72. The second kappa shape index (κ2) is 9.00. The van der Waals surface area contributed by atoms with Crippen molar-refractivity contribution in [3.8, 4) is 11.1 Å². The van der Waals surface area contributed by atoms with Crippen LogP contribution < -0.4 is 5.32 Å². The van der Waals surface area contributed by atoms with Crippen LogP contribution in [-0.2, 0) is 9.53 Å². The van der Waals surface area contributed by atoms with Gasteiger partial charge in [-0.25, -0.2) is 4.79 Å². The highest BCUT2D eigenvalue weighted by Gasteiger charge is 2.29. The third-order valence-electron chi connectivity index (χ3n) is 5.35. The zero-order valence-electron chi connectivity index (χ0n) is 16.3. The number of halogens is 2. The minimum atomic E-state index is -1.08. The molecule has 0 unspecified atom stereocenters. The summed E-state index contributed by atoms with van der Waals surface area (Å²) in [5, 5.41) is 12.6. The predicted molar refractivity (Wildman–Crippen MR) is 120 cm³/mol. The standard InChI is InChI=1S/C24H19Cl2NO4/c25-14-9-10-21(26)19(11-14)22(12-23(28)29)27-24(30)31-13-20-17-7-3-1-5-15(17)16-6-2-4-8-18(16)20/h1-11,20,22H,12-13H2,(H,27,30)(H,28,29)/t22-/m0/s1. The third-order valence-corrected chi connectivity index (χ3v) is 5.93. The number of hydrogen-bond donors (Lipinski definition) is 2. The van der Waals surface area contributed by atoms with Crippen molar-refractivity contribution in [2.45, 2.75) is 18.4 Å². The Morgan fingerprint density at radius 3 is 2.19 bits per heavy atom. The smallest absolute Gasteiger partial charge is 0.407 e. The molecule has 5 nitrogen and oxygen atoms in total. The van der Waals surface area contributed by atoms with Gasteiger partial charge in [0, 0.05) is 16.0 Å². The van der Waals surface area contributed by atoms with Crippen molar-refractivity contribution in [2.75, 3.05) is 6.61 Å². The number of alkyl carbamates (subject to hydrolysis) is 1. The van der Waals surface area contributed by atoms with E-state index in [4.69, 9.17) is 27.9 Å². The summed E-state index contributed by atoms with van der Waals surface area (Å²) < 4.78 is 5.52. The largest absolute Gasteiger partial charge is 0.481 e. The Balaban J connectivity index is 1.50. The van der Waals surface area contributed by atoms with Gasteiger partial charge in [-0.05, 0) is 46.0 Å². The van der Waals surface area contributed by atoms with Gasteiger partial charge in [-0.2, -0.15) is 0 Å². The quantitative estimate of drug-likeness (QED) is 0.474. The molecule has 3 aromatic carbocycles. The van der Waals surface area contributed by atoms with E-state index >= 15 is 0 Å². The van der Waals surface area contributed by atoms with Gasteiger partial charge in [0.05, 0.1) is 12.5 Å². The number of amides is 1. The van der Waals surface area contributed by atoms with Gasteiger partial charge in [0.25, 0.3) is 0 Å². The summed E-state index contributed by atoms with van der Waals surface area (Å²) in [6, 6.07) is 19.9. The highest BCUT2D eigenvalue weighted by Crippen LogP contribution is 2.44. The second-order valence-corrected chi connectivity index (χ2v) is 8.13. The molecule has 31 heavy (non-hydrogen) atoms. The molecule has 0 saturated carbocycles. The first kappa shape index (κ1) is 21.2. The number of nitrogens with one attached hydrogen (secondary N) is 1. The highest BCUT2D eigenvalue weighted by molar-refractivity contribution is 6.33. The van der Waals surface area contributed by atoms with Crippen LogP contribution in [0.1, 0.15) is 35.1 Å². The molecule has 0 radical (unpaired) electrons. The Hall–Kier alpha value is -3.02. The summed E-state index contributed by atoms with van der Waals surface area (Å²) in [5.74, 6) is -1.18. The van der Waals surface area contributed by atoms with E-state index in [0.717, 1.165) is 22.3 Å². The van der Waals surface area contributed by atoms with Gasteiger partial charge < -0.3 is 15.2 Å². The molecular formula is C24H19Cl2NO4. The Morgan fingerprint density at radius 1 is 0.968 bits per heavy atom. The molecule has 0 spiro atoms.